The van der Waals surface area contributed by atoms with E-state index in [1.807, 2.05) is 0 Å². The van der Waals surface area contributed by atoms with Crippen LogP contribution in [0.5, 0.6) is 11.5 Å². The lowest BCUT2D eigenvalue weighted by Gasteiger charge is -2.29. The van der Waals surface area contributed by atoms with Gasteiger partial charge in [0, 0.05) is 79.3 Å². The predicted molar refractivity (Wildman–Crippen MR) is 524 cm³/mol. The van der Waals surface area contributed by atoms with Crippen LogP contribution in [0.2, 0.25) is 0 Å². The van der Waals surface area contributed by atoms with E-state index < -0.39 is 210 Å². The standard InChI is InChI=1S/C97H136N24O20/c1-8-53(4)81(121-94(138)77(48-61-51-107-68-27-15-13-24-65(61)68)120-92(136)73(44-57-21-10-9-11-22-57)118-91(135)75(46-59-32-36-63(123)37-33-59)117-87(131)70(38-39-79(101)124)111-85(129)66(100)25-20-42-105-97(103)104)95(139)110-56(7)84(128)114-76(47-60-50-106-67-26-14-12-23-64(60)67)93(137)119-74(45-58-30-34-62(122)35-31-58)90(134)112-69(28-16-18-40-98)86(130)116-72(43-52(2)3)88(132)108-55(6)83(127)115-78(49-80(102)125)89(133)109-54(5)82(126)113-71(96(140)141)29-17-19-41-99/h9-15,21-24,26-27,30-37,50-56,66,69-78,81,106-107,122-123H,8,16-20,25,28-29,38-49,98-100H2,1-7H3,(H2,101,124)(H2,102,125)(H,108,132)(H,109,133)(H,110,139)(H,111,129)(H,112,134)(H,113,126)(H,114,128)(H,115,127)(H,116,130)(H,117,131)(H,118,135)(H,119,137)(H,120,136)(H,121,138)(H,140,141)(H4,103,104,105)/t53-,54-,55-,56-,66-,69-,70-,71-,72-,73-,74-,75-,76-,77-,78-,81-/m0/s1. The summed E-state index contributed by atoms with van der Waals surface area (Å²) in [7, 11) is 0. The first kappa shape index (κ1) is 113. The number of fused-ring (bicyclic) bond motifs is 2. The number of unbranched alkanes of at least 4 members (excludes halogenated alkanes) is 2. The second-order valence-electron chi connectivity index (χ2n) is 35.5. The Morgan fingerprint density at radius 2 is 0.716 bits per heavy atom. The van der Waals surface area contributed by atoms with Crippen LogP contribution in [0.15, 0.2) is 140 Å². The van der Waals surface area contributed by atoms with Gasteiger partial charge in [0.2, 0.25) is 94.5 Å². The third kappa shape index (κ3) is 37.3. The molecule has 7 aromatic rings. The van der Waals surface area contributed by atoms with Gasteiger partial charge in [0.1, 0.15) is 96.1 Å². The fraction of sp³-hybridized carbons (Fsp3) is 0.464. The molecule has 5 aromatic carbocycles. The third-order valence-corrected chi connectivity index (χ3v) is 23.6. The van der Waals surface area contributed by atoms with Crippen LogP contribution in [0.1, 0.15) is 160 Å². The normalized spacial score (nSPS) is 14.6. The van der Waals surface area contributed by atoms with Crippen LogP contribution in [0, 0.1) is 17.2 Å². The first-order valence-electron chi connectivity index (χ1n) is 47.0. The van der Waals surface area contributed by atoms with E-state index in [2.05, 4.69) is 89.7 Å². The van der Waals surface area contributed by atoms with Crippen LogP contribution >= 0.6 is 0 Å². The maximum atomic E-state index is 15.5. The number of hydrogen-bond acceptors (Lipinski definition) is 23. The lowest BCUT2D eigenvalue weighted by molar-refractivity contribution is -0.142. The molecule has 0 aliphatic rings. The van der Waals surface area contributed by atoms with Crippen molar-refractivity contribution in [2.45, 2.75) is 255 Å². The Morgan fingerprint density at radius 3 is 1.14 bits per heavy atom. The molecule has 16 atom stereocenters. The van der Waals surface area contributed by atoms with Crippen LogP contribution in [0.3, 0.4) is 0 Å². The zero-order valence-electron chi connectivity index (χ0n) is 80.2. The number of aromatic amines is 2. The summed E-state index contributed by atoms with van der Waals surface area (Å²) >= 11 is 0. The van der Waals surface area contributed by atoms with Gasteiger partial charge < -0.3 is 139 Å². The number of primary amides is 2. The Labute approximate surface area is 816 Å². The van der Waals surface area contributed by atoms with E-state index in [9.17, 15) is 63.3 Å². The number of amides is 16. The number of aliphatic carboxylic acids is 1. The van der Waals surface area contributed by atoms with Gasteiger partial charge in [-0.15, -0.1) is 0 Å². The maximum Gasteiger partial charge on any atom is 0.326 e. The van der Waals surface area contributed by atoms with Crippen molar-refractivity contribution >= 4 is 128 Å². The van der Waals surface area contributed by atoms with Gasteiger partial charge in [-0.05, 0) is 174 Å². The second-order valence-corrected chi connectivity index (χ2v) is 35.5. The molecule has 0 unspecified atom stereocenters. The zero-order valence-corrected chi connectivity index (χ0v) is 80.2. The number of phenolic OH excluding ortho intramolecular Hbond substituents is 2. The van der Waals surface area contributed by atoms with Crippen LogP contribution in [0.4, 0.5) is 0 Å². The van der Waals surface area contributed by atoms with Crippen LogP contribution < -0.4 is 114 Å². The number of nitrogens with one attached hydrogen (secondary N) is 18. The first-order valence-corrected chi connectivity index (χ1v) is 47.0. The summed E-state index contributed by atoms with van der Waals surface area (Å²) in [5.41, 5.74) is 37.7. The molecule has 764 valence electrons. The van der Waals surface area contributed by atoms with E-state index in [-0.39, 0.29) is 126 Å². The summed E-state index contributed by atoms with van der Waals surface area (Å²) in [6.45, 7) is 11.3. The second kappa shape index (κ2) is 56.7. The first-order chi connectivity index (χ1) is 67.0. The number of para-hydroxylation sites is 2. The van der Waals surface area contributed by atoms with E-state index in [4.69, 9.17) is 39.8 Å². The molecule has 2 aromatic heterocycles. The molecule has 16 amide bonds. The molecule has 0 aliphatic heterocycles. The number of hydrogen-bond donors (Lipinski definition) is 27. The molecule has 33 N–H and O–H groups in total. The van der Waals surface area contributed by atoms with Crippen molar-refractivity contribution in [1.82, 2.24) is 89.7 Å². The third-order valence-electron chi connectivity index (χ3n) is 23.6. The molecule has 44 heteroatoms. The molecular weight excluding hydrogens is 1820 g/mol. The number of aromatic hydroxyl groups is 2. The zero-order chi connectivity index (χ0) is 104. The van der Waals surface area contributed by atoms with Gasteiger partial charge in [0.15, 0.2) is 5.96 Å². The number of carboxylic acids is 1. The Balaban J connectivity index is 1.14. The number of rotatable bonds is 60. The number of carbonyl (C=O) groups excluding carboxylic acids is 16. The molecule has 0 radical (unpaired) electrons. The minimum atomic E-state index is -1.72. The predicted octanol–water partition coefficient (Wildman–Crippen LogP) is -1.41. The highest BCUT2D eigenvalue weighted by Gasteiger charge is 2.40. The van der Waals surface area contributed by atoms with Gasteiger partial charge in [-0.3, -0.25) is 82.1 Å². The molecule has 7 rings (SSSR count). The molecule has 2 heterocycles. The summed E-state index contributed by atoms with van der Waals surface area (Å²) in [6.07, 6.45) is 2.29. The van der Waals surface area contributed by atoms with E-state index in [1.54, 1.807) is 119 Å². The van der Waals surface area contributed by atoms with E-state index in [0.29, 0.717) is 68.9 Å². The number of H-pyrrole nitrogens is 2. The summed E-state index contributed by atoms with van der Waals surface area (Å²) in [5, 5.41) is 78.6. The molecule has 0 bridgehead atoms. The highest BCUT2D eigenvalue weighted by Crippen LogP contribution is 2.24. The smallest absolute Gasteiger partial charge is 0.326 e. The van der Waals surface area contributed by atoms with E-state index in [1.165, 1.54) is 69.3 Å². The molecule has 141 heavy (non-hydrogen) atoms. The number of benzene rings is 5. The molecule has 0 spiro atoms. The molecule has 0 fully saturated rings. The van der Waals surface area contributed by atoms with Gasteiger partial charge >= 0.3 is 5.97 Å². The molecule has 44 nitrogen and oxygen atoms in total. The lowest BCUT2D eigenvalue weighted by atomic mass is 9.96. The average Bonchev–Trinajstić information content (AvgIpc) is 1.68. The van der Waals surface area contributed by atoms with E-state index >= 15 is 33.6 Å². The van der Waals surface area contributed by atoms with Crippen molar-refractivity contribution < 1.29 is 96.8 Å². The van der Waals surface area contributed by atoms with Gasteiger partial charge in [-0.1, -0.05) is 125 Å². The van der Waals surface area contributed by atoms with Crippen molar-refractivity contribution in [1.29, 1.82) is 5.41 Å². The van der Waals surface area contributed by atoms with Crippen molar-refractivity contribution in [3.05, 3.63) is 168 Å². The Morgan fingerprint density at radius 1 is 0.362 bits per heavy atom. The van der Waals surface area contributed by atoms with Gasteiger partial charge in [-0.2, -0.15) is 0 Å². The minimum Gasteiger partial charge on any atom is -0.508 e. The fourth-order valence-corrected chi connectivity index (χ4v) is 15.4. The van der Waals surface area contributed by atoms with Gasteiger partial charge in [0.05, 0.1) is 12.5 Å². The number of nitrogens with two attached hydrogens (primary N) is 6. The molecular formula is C97H136N24O20. The van der Waals surface area contributed by atoms with Gasteiger partial charge in [0.25, 0.3) is 0 Å². The summed E-state index contributed by atoms with van der Waals surface area (Å²) < 4.78 is 0. The monoisotopic (exact) mass is 1960 g/mol. The topological polar surface area (TPSA) is 743 Å². The SMILES string of the molecule is CC[C@H](C)[C@H](NC(=O)[C@H](Cc1c[nH]c2ccccc12)NC(=O)[C@H](Cc1ccccc1)NC(=O)[C@H](Cc1ccc(O)cc1)NC(=O)[C@H](CCC(N)=O)NC(=O)[C@@H](N)CCCNC(=N)N)C(=O)N[C@@H](C)C(=O)N[C@@H](Cc1c[nH]c2ccccc12)C(=O)N[C@@H](Cc1ccc(O)cc1)C(=O)N[C@@H](CCCCN)C(=O)N[C@@H](CC(C)C)C(=O)N[C@@H](C)C(=O)N[C@@H](CC(N)=O)C(=O)N[C@@H](C)C(=O)N[C@@H](CCCCN)C(=O)O. The number of aromatic nitrogens is 2. The highest BCUT2D eigenvalue weighted by atomic mass is 16.4. The van der Waals surface area contributed by atoms with Crippen LogP contribution in [-0.2, 0) is 114 Å². The maximum absolute atomic E-state index is 15.5. The number of phenols is 2. The molecule has 0 aliphatic carbocycles. The number of carbonyl (C=O) groups is 17. The fourth-order valence-electron chi connectivity index (χ4n) is 15.4. The molecule has 0 saturated carbocycles. The Kier molecular flexibility index (Phi) is 45.4. The van der Waals surface area contributed by atoms with Crippen molar-refractivity contribution in [2.24, 2.45) is 46.2 Å². The summed E-state index contributed by atoms with van der Waals surface area (Å²) in [4.78, 5) is 248. The molecule has 0 saturated heterocycles. The van der Waals surface area contributed by atoms with Crippen LogP contribution in [0.25, 0.3) is 21.8 Å². The largest absolute Gasteiger partial charge is 0.508 e. The summed E-state index contributed by atoms with van der Waals surface area (Å²) in [6, 6.07) is 11.5. The lowest BCUT2D eigenvalue weighted by Crippen LogP contribution is -2.62. The van der Waals surface area contributed by atoms with Gasteiger partial charge in [-0.25, -0.2) is 4.79 Å². The van der Waals surface area contributed by atoms with E-state index in [0.717, 1.165) is 0 Å². The van der Waals surface area contributed by atoms with Crippen molar-refractivity contribution in [3.8, 4) is 11.5 Å². The quantitative estimate of drug-likeness (QED) is 0.0118. The van der Waals surface area contributed by atoms with Crippen LogP contribution in [-0.4, -0.2) is 242 Å². The average molecular weight is 1960 g/mol. The summed E-state index contributed by atoms with van der Waals surface area (Å²) in [5.74, 6) is -17.9. The highest BCUT2D eigenvalue weighted by molar-refractivity contribution is 6.02. The number of carboxylic acid groups (broad SMARTS) is 1. The van der Waals surface area contributed by atoms with Crippen molar-refractivity contribution in [3.63, 3.8) is 0 Å². The number of guanidine groups is 1. The Hall–Kier alpha value is -15.1. The Bertz CT molecular complexity index is 5450. The minimum absolute atomic E-state index is 0.0331. The van der Waals surface area contributed by atoms with Crippen molar-refractivity contribution in [2.75, 3.05) is 19.6 Å².